The van der Waals surface area contributed by atoms with Gasteiger partial charge in [0.05, 0.1) is 39.1 Å². The molecule has 5 heteroatoms. The summed E-state index contributed by atoms with van der Waals surface area (Å²) in [6, 6.07) is 69.4. The Balaban J connectivity index is 0.000000833. The van der Waals surface area contributed by atoms with Crippen molar-refractivity contribution in [3.05, 3.63) is 212 Å². The highest BCUT2D eigenvalue weighted by Crippen LogP contribution is 2.47. The van der Waals surface area contributed by atoms with Gasteiger partial charge in [-0.05, 0) is 91.3 Å². The molecule has 0 bridgehead atoms. The molecule has 1 aliphatic carbocycles. The molecule has 1 aliphatic rings. The van der Waals surface area contributed by atoms with Crippen molar-refractivity contribution >= 4 is 109 Å². The zero-order chi connectivity index (χ0) is 48.3. The van der Waals surface area contributed by atoms with E-state index in [4.69, 9.17) is 4.42 Å². The summed E-state index contributed by atoms with van der Waals surface area (Å²) in [5.74, 6) is 0. The second-order valence-corrected chi connectivity index (χ2v) is 17.6. The van der Waals surface area contributed by atoms with Crippen LogP contribution in [-0.2, 0) is 0 Å². The van der Waals surface area contributed by atoms with Gasteiger partial charge in [0.1, 0.15) is 11.2 Å². The molecular formula is C66H56N4O. The van der Waals surface area contributed by atoms with Gasteiger partial charge in [0.25, 0.3) is 0 Å². The standard InChI is InChI=1S/C60H38N4O.3C2H6/c1-3-15-37(16-4-1)61-49-23-11-7-19-41(49)47-35-39(27-31-52(47)61)62-50-24-12-8-21-45(50)57-53(62)32-29-43-44-30-33-54-58(60(44)64(59(43)57)38-17-5-2-6-18-38)46-22-9-13-25-51(46)63(54)40-28-34-56-48(36-40)42-20-10-14-26-55(42)65-56;3*1-2/h1-15,17-37H,16H2;3*1-2H3. The number of para-hydroxylation sites is 5. The highest BCUT2D eigenvalue weighted by atomic mass is 16.3. The molecule has 0 saturated heterocycles. The predicted octanol–water partition coefficient (Wildman–Crippen LogP) is 19.1. The number of hydrogen-bond acceptors (Lipinski definition) is 1. The monoisotopic (exact) mass is 920 g/mol. The van der Waals surface area contributed by atoms with Gasteiger partial charge in [-0.3, -0.25) is 0 Å². The summed E-state index contributed by atoms with van der Waals surface area (Å²) < 4.78 is 16.3. The van der Waals surface area contributed by atoms with E-state index in [1.54, 1.807) is 0 Å². The lowest BCUT2D eigenvalue weighted by Gasteiger charge is -2.18. The van der Waals surface area contributed by atoms with E-state index in [1.165, 1.54) is 81.7 Å². The van der Waals surface area contributed by atoms with Gasteiger partial charge < -0.3 is 22.7 Å². The van der Waals surface area contributed by atoms with Crippen molar-refractivity contribution in [3.63, 3.8) is 0 Å². The van der Waals surface area contributed by atoms with Gasteiger partial charge in [-0.15, -0.1) is 0 Å². The Labute approximate surface area is 413 Å². The van der Waals surface area contributed by atoms with Gasteiger partial charge in [-0.25, -0.2) is 0 Å². The SMILES string of the molecule is C1=CCC(n2c3ccccc3c3cc(-n4c5ccccc5c5c4ccc4c6ccc7c(c8ccccc8n7-c7ccc8oc9ccccc9c8c7)c6n(-c6ccccc6)c45)ccc32)C=C1.CC.CC.CC. The van der Waals surface area contributed by atoms with Gasteiger partial charge in [0.15, 0.2) is 0 Å². The lowest BCUT2D eigenvalue weighted by molar-refractivity contribution is 0.648. The number of rotatable bonds is 4. The Kier molecular flexibility index (Phi) is 10.9. The number of fused-ring (bicyclic) bond motifs is 17. The molecule has 0 radical (unpaired) electrons. The lowest BCUT2D eigenvalue weighted by Crippen LogP contribution is -2.06. The van der Waals surface area contributed by atoms with Gasteiger partial charge in [-0.1, -0.05) is 169 Å². The minimum Gasteiger partial charge on any atom is -0.456 e. The van der Waals surface area contributed by atoms with Crippen LogP contribution in [0, 0.1) is 0 Å². The highest BCUT2D eigenvalue weighted by Gasteiger charge is 2.26. The van der Waals surface area contributed by atoms with E-state index in [2.05, 4.69) is 225 Å². The molecule has 5 aromatic heterocycles. The first-order valence-corrected chi connectivity index (χ1v) is 25.5. The van der Waals surface area contributed by atoms with Crippen molar-refractivity contribution < 1.29 is 4.42 Å². The summed E-state index contributed by atoms with van der Waals surface area (Å²) in [5.41, 5.74) is 14.8. The normalized spacial score (nSPS) is 13.5. The van der Waals surface area contributed by atoms with Crippen molar-refractivity contribution in [2.45, 2.75) is 54.0 Å². The predicted molar refractivity (Wildman–Crippen MR) is 306 cm³/mol. The van der Waals surface area contributed by atoms with Crippen LogP contribution in [0.4, 0.5) is 0 Å². The molecule has 14 aromatic rings. The van der Waals surface area contributed by atoms with Crippen LogP contribution in [0.3, 0.4) is 0 Å². The molecule has 0 amide bonds. The Bertz CT molecular complexity index is 4390. The zero-order valence-electron chi connectivity index (χ0n) is 41.2. The third-order valence-electron chi connectivity index (χ3n) is 14.2. The van der Waals surface area contributed by atoms with Crippen molar-refractivity contribution in [3.8, 4) is 17.1 Å². The molecular weight excluding hydrogens is 865 g/mol. The molecule has 0 fully saturated rings. The Morgan fingerprint density at radius 3 is 1.46 bits per heavy atom. The van der Waals surface area contributed by atoms with Crippen LogP contribution in [0.1, 0.15) is 54.0 Å². The van der Waals surface area contributed by atoms with Crippen LogP contribution < -0.4 is 0 Å². The van der Waals surface area contributed by atoms with Crippen LogP contribution in [0.2, 0.25) is 0 Å². The molecule has 0 N–H and O–H groups in total. The van der Waals surface area contributed by atoms with E-state index < -0.39 is 0 Å². The minimum absolute atomic E-state index is 0.274. The molecule has 71 heavy (non-hydrogen) atoms. The lowest BCUT2D eigenvalue weighted by atomic mass is 10.1. The average Bonchev–Trinajstić information content (AvgIpc) is 4.25. The van der Waals surface area contributed by atoms with Crippen molar-refractivity contribution in [1.29, 1.82) is 0 Å². The van der Waals surface area contributed by atoms with Crippen molar-refractivity contribution in [1.82, 2.24) is 18.3 Å². The van der Waals surface area contributed by atoms with E-state index in [9.17, 15) is 0 Å². The van der Waals surface area contributed by atoms with Gasteiger partial charge in [-0.2, -0.15) is 0 Å². The van der Waals surface area contributed by atoms with Crippen LogP contribution in [0.5, 0.6) is 0 Å². The molecule has 1 atom stereocenters. The van der Waals surface area contributed by atoms with Gasteiger partial charge in [0, 0.05) is 82.0 Å². The molecule has 9 aromatic carbocycles. The number of aromatic nitrogens is 4. The second kappa shape index (κ2) is 17.8. The first-order valence-electron chi connectivity index (χ1n) is 25.5. The molecule has 5 heterocycles. The number of furan rings is 1. The summed E-state index contributed by atoms with van der Waals surface area (Å²) >= 11 is 0. The third kappa shape index (κ3) is 6.46. The second-order valence-electron chi connectivity index (χ2n) is 17.6. The van der Waals surface area contributed by atoms with E-state index in [0.717, 1.165) is 50.9 Å². The van der Waals surface area contributed by atoms with Gasteiger partial charge >= 0.3 is 0 Å². The first kappa shape index (κ1) is 43.7. The molecule has 346 valence electrons. The number of allylic oxidation sites excluding steroid dienone is 4. The summed E-state index contributed by atoms with van der Waals surface area (Å²) in [6.45, 7) is 12.0. The largest absolute Gasteiger partial charge is 0.456 e. The molecule has 1 unspecified atom stereocenters. The fraction of sp³-hybridized carbons (Fsp3) is 0.121. The zero-order valence-corrected chi connectivity index (χ0v) is 41.2. The van der Waals surface area contributed by atoms with Gasteiger partial charge in [0.2, 0.25) is 0 Å². The first-order chi connectivity index (χ1) is 35.3. The topological polar surface area (TPSA) is 32.9 Å². The maximum atomic E-state index is 6.29. The van der Waals surface area contributed by atoms with E-state index >= 15 is 0 Å². The maximum Gasteiger partial charge on any atom is 0.135 e. The Morgan fingerprint density at radius 2 is 0.845 bits per heavy atom. The quantitative estimate of drug-likeness (QED) is 0.173. The molecule has 0 saturated carbocycles. The van der Waals surface area contributed by atoms with Crippen LogP contribution >= 0.6 is 0 Å². The van der Waals surface area contributed by atoms with Crippen LogP contribution in [0.25, 0.3) is 126 Å². The minimum atomic E-state index is 0.274. The summed E-state index contributed by atoms with van der Waals surface area (Å²) in [7, 11) is 0. The number of nitrogens with zero attached hydrogens (tertiary/aromatic N) is 4. The fourth-order valence-corrected chi connectivity index (χ4v) is 11.6. The molecule has 0 aliphatic heterocycles. The van der Waals surface area contributed by atoms with Crippen molar-refractivity contribution in [2.75, 3.05) is 0 Å². The number of hydrogen-bond donors (Lipinski definition) is 0. The van der Waals surface area contributed by atoms with E-state index in [0.29, 0.717) is 0 Å². The summed E-state index contributed by atoms with van der Waals surface area (Å²) in [5, 5.41) is 12.2. The number of benzene rings is 9. The van der Waals surface area contributed by atoms with E-state index in [-0.39, 0.29) is 6.04 Å². The fourth-order valence-electron chi connectivity index (χ4n) is 11.6. The summed E-state index contributed by atoms with van der Waals surface area (Å²) in [6.07, 6.45) is 9.93. The van der Waals surface area contributed by atoms with E-state index in [1.807, 2.05) is 47.6 Å². The van der Waals surface area contributed by atoms with Crippen molar-refractivity contribution in [2.24, 2.45) is 0 Å². The smallest absolute Gasteiger partial charge is 0.135 e. The molecule has 5 nitrogen and oxygen atoms in total. The molecule has 0 spiro atoms. The maximum absolute atomic E-state index is 6.29. The molecule has 15 rings (SSSR count). The van der Waals surface area contributed by atoms with Crippen LogP contribution in [-0.4, -0.2) is 18.3 Å². The van der Waals surface area contributed by atoms with Crippen LogP contribution in [0.15, 0.2) is 217 Å². The third-order valence-corrected chi connectivity index (χ3v) is 14.2. The Hall–Kier alpha value is -8.54. The summed E-state index contributed by atoms with van der Waals surface area (Å²) in [4.78, 5) is 0. The highest BCUT2D eigenvalue weighted by molar-refractivity contribution is 6.31. The average molecular weight is 921 g/mol. The Morgan fingerprint density at radius 1 is 0.352 bits per heavy atom.